The van der Waals surface area contributed by atoms with Gasteiger partial charge in [-0.05, 0) is 43.4 Å². The van der Waals surface area contributed by atoms with Crippen molar-refractivity contribution in [3.63, 3.8) is 0 Å². The van der Waals surface area contributed by atoms with Gasteiger partial charge in [-0.25, -0.2) is 4.99 Å². The first-order valence-corrected chi connectivity index (χ1v) is 7.13. The van der Waals surface area contributed by atoms with Crippen LogP contribution in [-0.2, 0) is 6.18 Å². The van der Waals surface area contributed by atoms with Crippen molar-refractivity contribution in [1.29, 1.82) is 0 Å². The van der Waals surface area contributed by atoms with Crippen molar-refractivity contribution in [2.24, 2.45) is 10.7 Å². The molecular weight excluding hydrogens is 291 g/mol. The van der Waals surface area contributed by atoms with Crippen LogP contribution in [0, 0.1) is 0 Å². The van der Waals surface area contributed by atoms with Gasteiger partial charge in [-0.2, -0.15) is 13.2 Å². The molecule has 1 aromatic rings. The average Bonchev–Trinajstić information content (AvgIpc) is 2.39. The Morgan fingerprint density at radius 3 is 2.41 bits per heavy atom. The van der Waals surface area contributed by atoms with Gasteiger partial charge in [0.25, 0.3) is 0 Å². The molecule has 0 unspecified atom stereocenters. The van der Waals surface area contributed by atoms with Crippen molar-refractivity contribution >= 4 is 5.96 Å². The van der Waals surface area contributed by atoms with Gasteiger partial charge < -0.3 is 11.1 Å². The molecule has 0 spiro atoms. The van der Waals surface area contributed by atoms with Gasteiger partial charge in [0, 0.05) is 6.04 Å². The Morgan fingerprint density at radius 1 is 1.32 bits per heavy atom. The lowest BCUT2D eigenvalue weighted by molar-refractivity contribution is -0.137. The van der Waals surface area contributed by atoms with Gasteiger partial charge in [-0.1, -0.05) is 24.3 Å². The molecule has 3 N–H and O–H groups in total. The van der Waals surface area contributed by atoms with E-state index in [0.717, 1.165) is 36.1 Å². The Morgan fingerprint density at radius 2 is 1.91 bits per heavy atom. The van der Waals surface area contributed by atoms with Crippen LogP contribution in [0.1, 0.15) is 36.8 Å². The number of alkyl halides is 3. The summed E-state index contributed by atoms with van der Waals surface area (Å²) in [5, 5.41) is 3.11. The number of guanidine groups is 1. The van der Waals surface area contributed by atoms with Crippen molar-refractivity contribution in [3.05, 3.63) is 47.5 Å². The molecule has 0 bridgehead atoms. The van der Waals surface area contributed by atoms with Gasteiger partial charge in [-0.15, -0.1) is 0 Å². The molecule has 0 aromatic heterocycles. The molecule has 0 saturated heterocycles. The number of aliphatic imine (C=N–C) groups is 1. The Hall–Kier alpha value is -1.98. The molecule has 22 heavy (non-hydrogen) atoms. The molecule has 1 aliphatic carbocycles. The molecule has 0 amide bonds. The molecule has 6 heteroatoms. The molecule has 3 nitrogen and oxygen atoms in total. The molecule has 0 aliphatic heterocycles. The van der Waals surface area contributed by atoms with E-state index in [4.69, 9.17) is 5.73 Å². The van der Waals surface area contributed by atoms with E-state index in [-0.39, 0.29) is 12.0 Å². The molecule has 0 heterocycles. The molecule has 1 saturated carbocycles. The first kappa shape index (κ1) is 16.4. The molecule has 0 atom stereocenters. The molecule has 1 aromatic carbocycles. The Labute approximate surface area is 128 Å². The summed E-state index contributed by atoms with van der Waals surface area (Å²) in [7, 11) is 0. The van der Waals surface area contributed by atoms with E-state index >= 15 is 0 Å². The van der Waals surface area contributed by atoms with Crippen LogP contribution in [0.5, 0.6) is 0 Å². The third-order valence-electron chi connectivity index (χ3n) is 3.72. The second-order valence-corrected chi connectivity index (χ2v) is 5.79. The number of benzene rings is 1. The van der Waals surface area contributed by atoms with E-state index in [2.05, 4.69) is 16.9 Å². The van der Waals surface area contributed by atoms with E-state index in [1.807, 2.05) is 6.92 Å². The molecule has 2 rings (SSSR count). The summed E-state index contributed by atoms with van der Waals surface area (Å²) in [5.74, 6) is 0.660. The largest absolute Gasteiger partial charge is 0.416 e. The van der Waals surface area contributed by atoms with Gasteiger partial charge in [0.05, 0.1) is 12.1 Å². The lowest BCUT2D eigenvalue weighted by atomic mass is 9.76. The standard InChI is InChI=1S/C16H20F3N3/c1-10(2)9-21-15(20)22-14-7-12(8-14)11-3-5-13(6-4-11)16(17,18)19/h3-6,12,14H,1,7-9H2,2H3,(H3,20,21,22). The summed E-state index contributed by atoms with van der Waals surface area (Å²) in [6.07, 6.45) is -2.60. The molecule has 0 radical (unpaired) electrons. The number of rotatable bonds is 4. The smallest absolute Gasteiger partial charge is 0.370 e. The van der Waals surface area contributed by atoms with Crippen LogP contribution in [0.2, 0.25) is 0 Å². The van der Waals surface area contributed by atoms with Crippen LogP contribution in [0.4, 0.5) is 13.2 Å². The highest BCUT2D eigenvalue weighted by Crippen LogP contribution is 2.38. The minimum absolute atomic E-state index is 0.223. The summed E-state index contributed by atoms with van der Waals surface area (Å²) in [6.45, 7) is 6.12. The SMILES string of the molecule is C=C(C)CN=C(N)NC1CC(c2ccc(C(F)(F)F)cc2)C1. The van der Waals surface area contributed by atoms with Gasteiger partial charge in [-0.3, -0.25) is 0 Å². The maximum Gasteiger partial charge on any atom is 0.416 e. The topological polar surface area (TPSA) is 50.4 Å². The zero-order valence-corrected chi connectivity index (χ0v) is 12.5. The van der Waals surface area contributed by atoms with Crippen LogP contribution in [-0.4, -0.2) is 18.5 Å². The highest BCUT2D eigenvalue weighted by atomic mass is 19.4. The van der Waals surface area contributed by atoms with E-state index in [9.17, 15) is 13.2 Å². The van der Waals surface area contributed by atoms with Crippen molar-refractivity contribution in [2.45, 2.75) is 37.9 Å². The van der Waals surface area contributed by atoms with Crippen molar-refractivity contribution in [3.8, 4) is 0 Å². The first-order valence-electron chi connectivity index (χ1n) is 7.13. The van der Waals surface area contributed by atoms with Gasteiger partial charge >= 0.3 is 6.18 Å². The molecule has 1 aliphatic rings. The number of hydrogen-bond acceptors (Lipinski definition) is 1. The highest BCUT2D eigenvalue weighted by molar-refractivity contribution is 5.78. The van der Waals surface area contributed by atoms with Crippen molar-refractivity contribution < 1.29 is 13.2 Å². The third kappa shape index (κ3) is 4.26. The Bertz CT molecular complexity index is 555. The van der Waals surface area contributed by atoms with Crippen LogP contribution in [0.15, 0.2) is 41.4 Å². The highest BCUT2D eigenvalue weighted by Gasteiger charge is 2.33. The maximum absolute atomic E-state index is 12.5. The summed E-state index contributed by atoms with van der Waals surface area (Å²) < 4.78 is 37.5. The monoisotopic (exact) mass is 311 g/mol. The third-order valence-corrected chi connectivity index (χ3v) is 3.72. The number of hydrogen-bond donors (Lipinski definition) is 2. The van der Waals surface area contributed by atoms with Crippen molar-refractivity contribution in [2.75, 3.05) is 6.54 Å². The predicted octanol–water partition coefficient (Wildman–Crippen LogP) is 3.43. The fourth-order valence-electron chi connectivity index (χ4n) is 2.43. The minimum atomic E-state index is -4.28. The van der Waals surface area contributed by atoms with E-state index < -0.39 is 11.7 Å². The quantitative estimate of drug-likeness (QED) is 0.508. The number of halogens is 3. The second kappa shape index (κ2) is 6.42. The fraction of sp³-hybridized carbons (Fsp3) is 0.438. The van der Waals surface area contributed by atoms with E-state index in [1.165, 1.54) is 0 Å². The molecule has 120 valence electrons. The van der Waals surface area contributed by atoms with E-state index in [1.54, 1.807) is 12.1 Å². The number of nitrogens with one attached hydrogen (secondary N) is 1. The number of nitrogens with zero attached hydrogens (tertiary/aromatic N) is 1. The van der Waals surface area contributed by atoms with E-state index in [0.29, 0.717) is 12.5 Å². The maximum atomic E-state index is 12.5. The number of nitrogens with two attached hydrogens (primary N) is 1. The summed E-state index contributed by atoms with van der Waals surface area (Å²) in [5.41, 5.74) is 7.01. The zero-order chi connectivity index (χ0) is 16.3. The van der Waals surface area contributed by atoms with Crippen LogP contribution in [0.3, 0.4) is 0 Å². The summed E-state index contributed by atoms with van der Waals surface area (Å²) in [4.78, 5) is 4.14. The average molecular weight is 311 g/mol. The second-order valence-electron chi connectivity index (χ2n) is 5.79. The minimum Gasteiger partial charge on any atom is -0.370 e. The van der Waals surface area contributed by atoms with Crippen LogP contribution in [0.25, 0.3) is 0 Å². The lowest BCUT2D eigenvalue weighted by Crippen LogP contribution is -2.46. The normalized spacial score (nSPS) is 22.1. The summed E-state index contributed by atoms with van der Waals surface area (Å²) >= 11 is 0. The predicted molar refractivity (Wildman–Crippen MR) is 81.6 cm³/mol. The molecule has 1 fully saturated rings. The van der Waals surface area contributed by atoms with Gasteiger partial charge in [0.1, 0.15) is 0 Å². The first-order chi connectivity index (χ1) is 10.3. The lowest BCUT2D eigenvalue weighted by Gasteiger charge is -2.36. The molecular formula is C16H20F3N3. The fourth-order valence-corrected chi connectivity index (χ4v) is 2.43. The Balaban J connectivity index is 1.84. The zero-order valence-electron chi connectivity index (χ0n) is 12.5. The van der Waals surface area contributed by atoms with Crippen LogP contribution < -0.4 is 11.1 Å². The van der Waals surface area contributed by atoms with Gasteiger partial charge in [0.2, 0.25) is 0 Å². The van der Waals surface area contributed by atoms with Crippen LogP contribution >= 0.6 is 0 Å². The van der Waals surface area contributed by atoms with Crippen molar-refractivity contribution in [1.82, 2.24) is 5.32 Å². The summed E-state index contributed by atoms with van der Waals surface area (Å²) in [6, 6.07) is 5.61. The van der Waals surface area contributed by atoms with Gasteiger partial charge in [0.15, 0.2) is 5.96 Å². The Kier molecular flexibility index (Phi) is 4.78.